The summed E-state index contributed by atoms with van der Waals surface area (Å²) in [6.07, 6.45) is 10.1. The zero-order valence-corrected chi connectivity index (χ0v) is 11.5. The van der Waals surface area contributed by atoms with Crippen molar-refractivity contribution in [2.75, 3.05) is 13.6 Å². The van der Waals surface area contributed by atoms with Gasteiger partial charge in [-0.05, 0) is 50.9 Å². The van der Waals surface area contributed by atoms with Crippen LogP contribution >= 0.6 is 0 Å². The van der Waals surface area contributed by atoms with Gasteiger partial charge < -0.3 is 10.2 Å². The zero-order chi connectivity index (χ0) is 12.5. The summed E-state index contributed by atoms with van der Waals surface area (Å²) in [5, 5.41) is 3.69. The normalized spacial score (nSPS) is 35.3. The van der Waals surface area contributed by atoms with E-state index in [1.54, 1.807) is 0 Å². The molecular weight excluding hydrogens is 224 g/mol. The van der Waals surface area contributed by atoms with Crippen molar-refractivity contribution in [3.63, 3.8) is 0 Å². The van der Waals surface area contributed by atoms with Crippen molar-refractivity contribution >= 4 is 5.91 Å². The molecule has 1 N–H and O–H groups in total. The Labute approximate surface area is 110 Å². The monoisotopic (exact) mass is 250 g/mol. The molecule has 2 bridgehead atoms. The standard InChI is InChI=1S/C15H26N2O/c1-17(15(18)12-3-2-4-12)8-7-11-9-13-5-6-14(10-11)16-13/h11-14,16H,2-10H2,1H3. The molecule has 0 radical (unpaired) electrons. The van der Waals surface area contributed by atoms with E-state index in [1.807, 2.05) is 11.9 Å². The Morgan fingerprint density at radius 3 is 2.39 bits per heavy atom. The van der Waals surface area contributed by atoms with Crippen LogP contribution in [-0.2, 0) is 4.79 Å². The predicted molar refractivity (Wildman–Crippen MR) is 72.3 cm³/mol. The van der Waals surface area contributed by atoms with Gasteiger partial charge in [-0.2, -0.15) is 0 Å². The molecule has 0 aromatic carbocycles. The second kappa shape index (κ2) is 5.20. The third-order valence-corrected chi connectivity index (χ3v) is 5.27. The van der Waals surface area contributed by atoms with Crippen LogP contribution in [0.5, 0.6) is 0 Å². The highest BCUT2D eigenvalue weighted by Crippen LogP contribution is 2.33. The highest BCUT2D eigenvalue weighted by Gasteiger charge is 2.34. The molecule has 2 atom stereocenters. The lowest BCUT2D eigenvalue weighted by atomic mass is 9.84. The summed E-state index contributed by atoms with van der Waals surface area (Å²) in [5.74, 6) is 1.61. The smallest absolute Gasteiger partial charge is 0.225 e. The number of carbonyl (C=O) groups excluding carboxylic acids is 1. The molecule has 2 unspecified atom stereocenters. The van der Waals surface area contributed by atoms with Gasteiger partial charge in [-0.25, -0.2) is 0 Å². The highest BCUT2D eigenvalue weighted by atomic mass is 16.2. The van der Waals surface area contributed by atoms with Gasteiger partial charge in [-0.1, -0.05) is 6.42 Å². The second-order valence-corrected chi connectivity index (χ2v) is 6.65. The van der Waals surface area contributed by atoms with Crippen molar-refractivity contribution in [3.05, 3.63) is 0 Å². The Balaban J connectivity index is 1.42. The fraction of sp³-hybridized carbons (Fsp3) is 0.933. The molecule has 102 valence electrons. The summed E-state index contributed by atoms with van der Waals surface area (Å²) in [5.41, 5.74) is 0. The largest absolute Gasteiger partial charge is 0.346 e. The van der Waals surface area contributed by atoms with E-state index in [4.69, 9.17) is 0 Å². The first kappa shape index (κ1) is 12.5. The Hall–Kier alpha value is -0.570. The maximum absolute atomic E-state index is 12.1. The molecule has 0 aromatic heterocycles. The molecule has 1 amide bonds. The van der Waals surface area contributed by atoms with Gasteiger partial charge >= 0.3 is 0 Å². The van der Waals surface area contributed by atoms with Gasteiger partial charge in [0, 0.05) is 31.6 Å². The number of amides is 1. The number of hydrogen-bond donors (Lipinski definition) is 1. The fourth-order valence-electron chi connectivity index (χ4n) is 3.86. The van der Waals surface area contributed by atoms with Crippen LogP contribution in [0.2, 0.25) is 0 Å². The van der Waals surface area contributed by atoms with Crippen LogP contribution in [0.4, 0.5) is 0 Å². The average molecular weight is 250 g/mol. The summed E-state index contributed by atoms with van der Waals surface area (Å²) in [6, 6.07) is 1.56. The maximum Gasteiger partial charge on any atom is 0.225 e. The van der Waals surface area contributed by atoms with Crippen LogP contribution in [0.25, 0.3) is 0 Å². The molecule has 3 fully saturated rings. The van der Waals surface area contributed by atoms with Crippen molar-refractivity contribution in [3.8, 4) is 0 Å². The molecule has 3 heteroatoms. The first-order valence-corrected chi connectivity index (χ1v) is 7.73. The van der Waals surface area contributed by atoms with Gasteiger partial charge in [0.1, 0.15) is 0 Å². The van der Waals surface area contributed by atoms with E-state index in [-0.39, 0.29) is 0 Å². The van der Waals surface area contributed by atoms with Crippen LogP contribution in [0.3, 0.4) is 0 Å². The van der Waals surface area contributed by atoms with E-state index in [1.165, 1.54) is 38.5 Å². The first-order chi connectivity index (χ1) is 8.72. The Kier molecular flexibility index (Phi) is 3.60. The lowest BCUT2D eigenvalue weighted by Gasteiger charge is -2.32. The Bertz CT molecular complexity index is 302. The van der Waals surface area contributed by atoms with E-state index in [9.17, 15) is 4.79 Å². The van der Waals surface area contributed by atoms with E-state index in [0.29, 0.717) is 11.8 Å². The minimum Gasteiger partial charge on any atom is -0.346 e. The van der Waals surface area contributed by atoms with Crippen molar-refractivity contribution in [2.24, 2.45) is 11.8 Å². The SMILES string of the molecule is CN(CCC1CC2CCC(C1)N2)C(=O)C1CCC1. The molecule has 3 nitrogen and oxygen atoms in total. The second-order valence-electron chi connectivity index (χ2n) is 6.65. The number of fused-ring (bicyclic) bond motifs is 2. The molecule has 2 aliphatic heterocycles. The molecule has 0 aromatic rings. The fourth-order valence-corrected chi connectivity index (χ4v) is 3.86. The van der Waals surface area contributed by atoms with Gasteiger partial charge in [-0.3, -0.25) is 4.79 Å². The third-order valence-electron chi connectivity index (χ3n) is 5.27. The topological polar surface area (TPSA) is 32.3 Å². The lowest BCUT2D eigenvalue weighted by Crippen LogP contribution is -2.40. The Morgan fingerprint density at radius 2 is 1.83 bits per heavy atom. The van der Waals surface area contributed by atoms with Crippen molar-refractivity contribution in [1.29, 1.82) is 0 Å². The molecule has 18 heavy (non-hydrogen) atoms. The van der Waals surface area contributed by atoms with Crippen molar-refractivity contribution in [2.45, 2.75) is 63.5 Å². The van der Waals surface area contributed by atoms with Gasteiger partial charge in [0.2, 0.25) is 5.91 Å². The number of nitrogens with zero attached hydrogens (tertiary/aromatic N) is 1. The van der Waals surface area contributed by atoms with Crippen LogP contribution < -0.4 is 5.32 Å². The van der Waals surface area contributed by atoms with E-state index >= 15 is 0 Å². The molecule has 3 rings (SSSR count). The number of hydrogen-bond acceptors (Lipinski definition) is 2. The molecule has 1 aliphatic carbocycles. The third kappa shape index (κ3) is 2.56. The summed E-state index contributed by atoms with van der Waals surface area (Å²) in [4.78, 5) is 14.0. The first-order valence-electron chi connectivity index (χ1n) is 7.73. The lowest BCUT2D eigenvalue weighted by molar-refractivity contribution is -0.136. The average Bonchev–Trinajstić information content (AvgIpc) is 2.63. The van der Waals surface area contributed by atoms with Crippen LogP contribution in [0.15, 0.2) is 0 Å². The van der Waals surface area contributed by atoms with Gasteiger partial charge in [0.15, 0.2) is 0 Å². The van der Waals surface area contributed by atoms with E-state index in [0.717, 1.165) is 37.4 Å². The molecule has 0 spiro atoms. The molecule has 2 saturated heterocycles. The Morgan fingerprint density at radius 1 is 1.17 bits per heavy atom. The quantitative estimate of drug-likeness (QED) is 0.829. The molecular formula is C15H26N2O. The van der Waals surface area contributed by atoms with Crippen LogP contribution in [-0.4, -0.2) is 36.5 Å². The van der Waals surface area contributed by atoms with Crippen molar-refractivity contribution < 1.29 is 4.79 Å². The summed E-state index contributed by atoms with van der Waals surface area (Å²) in [7, 11) is 2.00. The molecule has 3 aliphatic rings. The summed E-state index contributed by atoms with van der Waals surface area (Å²) in [6.45, 7) is 0.972. The van der Waals surface area contributed by atoms with Crippen LogP contribution in [0.1, 0.15) is 51.4 Å². The van der Waals surface area contributed by atoms with Gasteiger partial charge in [0.05, 0.1) is 0 Å². The minimum atomic E-state index is 0.360. The number of piperidine rings is 1. The predicted octanol–water partition coefficient (Wildman–Crippen LogP) is 2.17. The van der Waals surface area contributed by atoms with Crippen molar-refractivity contribution in [1.82, 2.24) is 10.2 Å². The van der Waals surface area contributed by atoms with E-state index < -0.39 is 0 Å². The number of nitrogens with one attached hydrogen (secondary N) is 1. The number of carbonyl (C=O) groups is 1. The van der Waals surface area contributed by atoms with Gasteiger partial charge in [0.25, 0.3) is 0 Å². The molecule has 2 heterocycles. The molecule has 1 saturated carbocycles. The van der Waals surface area contributed by atoms with Gasteiger partial charge in [-0.15, -0.1) is 0 Å². The highest BCUT2D eigenvalue weighted by molar-refractivity contribution is 5.79. The minimum absolute atomic E-state index is 0.360. The maximum atomic E-state index is 12.1. The summed E-state index contributed by atoms with van der Waals surface area (Å²) >= 11 is 0. The zero-order valence-electron chi connectivity index (χ0n) is 11.5. The summed E-state index contributed by atoms with van der Waals surface area (Å²) < 4.78 is 0. The van der Waals surface area contributed by atoms with Crippen LogP contribution in [0, 0.1) is 11.8 Å². The van der Waals surface area contributed by atoms with E-state index in [2.05, 4.69) is 5.32 Å². The number of rotatable bonds is 4.